The van der Waals surface area contributed by atoms with E-state index >= 15 is 0 Å². The van der Waals surface area contributed by atoms with Gasteiger partial charge in [0, 0.05) is 30.4 Å². The number of anilines is 1. The van der Waals surface area contributed by atoms with Gasteiger partial charge in [0.05, 0.1) is 0 Å². The summed E-state index contributed by atoms with van der Waals surface area (Å²) in [6, 6.07) is 7.55. The van der Waals surface area contributed by atoms with Crippen molar-refractivity contribution in [3.8, 4) is 0 Å². The van der Waals surface area contributed by atoms with Gasteiger partial charge in [-0.1, -0.05) is 36.7 Å². The second-order valence-electron chi connectivity index (χ2n) is 7.19. The van der Waals surface area contributed by atoms with Gasteiger partial charge >= 0.3 is 0 Å². The summed E-state index contributed by atoms with van der Waals surface area (Å²) >= 11 is 1.23. The highest BCUT2D eigenvalue weighted by Crippen LogP contribution is 2.21. The summed E-state index contributed by atoms with van der Waals surface area (Å²) in [5, 5.41) is 14.5. The van der Waals surface area contributed by atoms with Crippen molar-refractivity contribution >= 4 is 28.8 Å². The van der Waals surface area contributed by atoms with Crippen molar-refractivity contribution in [2.24, 2.45) is 0 Å². The van der Waals surface area contributed by atoms with E-state index in [0.29, 0.717) is 28.8 Å². The number of likely N-dealkylation sites (N-methyl/N-ethyl adjacent to an activating group) is 1. The Balaban J connectivity index is 1.50. The van der Waals surface area contributed by atoms with Crippen molar-refractivity contribution in [3.63, 3.8) is 0 Å². The van der Waals surface area contributed by atoms with Gasteiger partial charge < -0.3 is 15.5 Å². The van der Waals surface area contributed by atoms with Crippen LogP contribution in [0, 0.1) is 6.92 Å². The summed E-state index contributed by atoms with van der Waals surface area (Å²) in [5.74, 6) is -0.461. The molecule has 3 rings (SSSR count). The molecule has 1 fully saturated rings. The largest absolute Gasteiger partial charge is 0.351 e. The number of amides is 2. The second-order valence-corrected chi connectivity index (χ2v) is 8.37. The second kappa shape index (κ2) is 9.75. The Bertz CT molecular complexity index is 816. The number of aryl methyl sites for hydroxylation is 1. The normalized spacial score (nSPS) is 14.8. The van der Waals surface area contributed by atoms with Crippen LogP contribution in [0.3, 0.4) is 0 Å². The number of benzene rings is 1. The minimum absolute atomic E-state index is 0.139. The quantitative estimate of drug-likeness (QED) is 0.744. The van der Waals surface area contributed by atoms with Gasteiger partial charge in [0.1, 0.15) is 5.01 Å². The molecular weight excluding hydrogens is 374 g/mol. The maximum absolute atomic E-state index is 12.5. The molecule has 8 heteroatoms. The van der Waals surface area contributed by atoms with Gasteiger partial charge in [-0.05, 0) is 45.0 Å². The first-order valence-corrected chi connectivity index (χ1v) is 10.5. The third kappa shape index (κ3) is 5.59. The van der Waals surface area contributed by atoms with Crippen molar-refractivity contribution in [1.82, 2.24) is 20.4 Å². The lowest BCUT2D eigenvalue weighted by Gasteiger charge is -2.31. The molecule has 1 aliphatic carbocycles. The number of carbonyl (C=O) groups is 2. The molecule has 1 aliphatic rings. The fraction of sp³-hybridized carbons (Fsp3) is 0.500. The van der Waals surface area contributed by atoms with Crippen molar-refractivity contribution in [2.45, 2.75) is 45.1 Å². The zero-order valence-corrected chi connectivity index (χ0v) is 17.2. The molecule has 1 aromatic heterocycles. The van der Waals surface area contributed by atoms with Gasteiger partial charge in [0.2, 0.25) is 5.01 Å². The summed E-state index contributed by atoms with van der Waals surface area (Å²) in [6.07, 6.45) is 6.44. The third-order valence-corrected chi connectivity index (χ3v) is 5.89. The summed E-state index contributed by atoms with van der Waals surface area (Å²) in [5.41, 5.74) is 1.08. The fourth-order valence-electron chi connectivity index (χ4n) is 3.46. The standard InChI is InChI=1S/C20H27N5O2S/c1-14-23-24-20(28-14)19(27)22-16-8-6-7-15(13-16)18(26)21-11-12-25(2)17-9-4-3-5-10-17/h6-8,13,17H,3-5,9-12H2,1-2H3,(H,21,26)(H,22,27). The molecule has 0 saturated heterocycles. The van der Waals surface area contributed by atoms with Crippen LogP contribution >= 0.6 is 11.3 Å². The third-order valence-electron chi connectivity index (χ3n) is 5.05. The fourth-order valence-corrected chi connectivity index (χ4v) is 4.05. The first kappa shape index (κ1) is 20.4. The molecule has 0 aliphatic heterocycles. The number of rotatable bonds is 7. The number of carbonyl (C=O) groups excluding carboxylic acids is 2. The average Bonchev–Trinajstić information content (AvgIpc) is 3.15. The van der Waals surface area contributed by atoms with Crippen LogP contribution < -0.4 is 10.6 Å². The predicted octanol–water partition coefficient (Wildman–Crippen LogP) is 3.09. The van der Waals surface area contributed by atoms with Crippen LogP contribution in [0.1, 0.15) is 57.3 Å². The maximum atomic E-state index is 12.5. The minimum atomic E-state index is -0.322. The lowest BCUT2D eigenvalue weighted by molar-refractivity contribution is 0.0943. The molecule has 7 nitrogen and oxygen atoms in total. The highest BCUT2D eigenvalue weighted by molar-refractivity contribution is 7.13. The van der Waals surface area contributed by atoms with E-state index < -0.39 is 0 Å². The van der Waals surface area contributed by atoms with E-state index in [2.05, 4.69) is 32.8 Å². The number of nitrogens with zero attached hydrogens (tertiary/aromatic N) is 3. The van der Waals surface area contributed by atoms with Crippen LogP contribution in [0.15, 0.2) is 24.3 Å². The Hall–Kier alpha value is -2.32. The molecule has 0 unspecified atom stereocenters. The zero-order valence-electron chi connectivity index (χ0n) is 16.4. The van der Waals surface area contributed by atoms with Crippen LogP contribution in [0.25, 0.3) is 0 Å². The monoisotopic (exact) mass is 401 g/mol. The van der Waals surface area contributed by atoms with Gasteiger partial charge in [0.25, 0.3) is 11.8 Å². The molecule has 1 heterocycles. The molecule has 150 valence electrons. The smallest absolute Gasteiger partial charge is 0.286 e. The van der Waals surface area contributed by atoms with Crippen LogP contribution in [0.4, 0.5) is 5.69 Å². The molecule has 1 aromatic carbocycles. The molecule has 1 saturated carbocycles. The summed E-state index contributed by atoms with van der Waals surface area (Å²) in [7, 11) is 2.13. The molecule has 0 bridgehead atoms. The van der Waals surface area contributed by atoms with Gasteiger partial charge in [-0.15, -0.1) is 10.2 Å². The summed E-state index contributed by atoms with van der Waals surface area (Å²) in [6.45, 7) is 3.24. The zero-order chi connectivity index (χ0) is 19.9. The van der Waals surface area contributed by atoms with Crippen LogP contribution in [-0.4, -0.2) is 53.1 Å². The minimum Gasteiger partial charge on any atom is -0.351 e. The number of hydrogen-bond acceptors (Lipinski definition) is 6. The van der Waals surface area contributed by atoms with Crippen molar-refractivity contribution < 1.29 is 9.59 Å². The van der Waals surface area contributed by atoms with Gasteiger partial charge in [-0.2, -0.15) is 0 Å². The van der Waals surface area contributed by atoms with Crippen LogP contribution in [-0.2, 0) is 0 Å². The van der Waals surface area contributed by atoms with Crippen molar-refractivity contribution in [3.05, 3.63) is 39.8 Å². The Morgan fingerprint density at radius 1 is 1.18 bits per heavy atom. The topological polar surface area (TPSA) is 87.2 Å². The van der Waals surface area contributed by atoms with Gasteiger partial charge in [-0.25, -0.2) is 0 Å². The lowest BCUT2D eigenvalue weighted by atomic mass is 9.94. The van der Waals surface area contributed by atoms with E-state index in [1.54, 1.807) is 31.2 Å². The Labute approximate surface area is 169 Å². The lowest BCUT2D eigenvalue weighted by Crippen LogP contribution is -2.39. The van der Waals surface area contributed by atoms with Gasteiger partial charge in [-0.3, -0.25) is 9.59 Å². The van der Waals surface area contributed by atoms with Crippen LogP contribution in [0.2, 0.25) is 0 Å². The first-order chi connectivity index (χ1) is 13.5. The Kier molecular flexibility index (Phi) is 7.11. The van der Waals surface area contributed by atoms with E-state index in [1.165, 1.54) is 43.4 Å². The van der Waals surface area contributed by atoms with Crippen molar-refractivity contribution in [2.75, 3.05) is 25.5 Å². The van der Waals surface area contributed by atoms with Gasteiger partial charge in [0.15, 0.2) is 0 Å². The van der Waals surface area contributed by atoms with E-state index in [9.17, 15) is 9.59 Å². The Morgan fingerprint density at radius 3 is 2.68 bits per heavy atom. The molecule has 0 atom stereocenters. The van der Waals surface area contributed by atoms with E-state index in [4.69, 9.17) is 0 Å². The Morgan fingerprint density at radius 2 is 1.96 bits per heavy atom. The predicted molar refractivity (Wildman–Crippen MR) is 111 cm³/mol. The molecule has 2 amide bonds. The highest BCUT2D eigenvalue weighted by atomic mass is 32.1. The number of hydrogen-bond donors (Lipinski definition) is 2. The SMILES string of the molecule is Cc1nnc(C(=O)Nc2cccc(C(=O)NCCN(C)C3CCCCC3)c2)s1. The average molecular weight is 402 g/mol. The maximum Gasteiger partial charge on any atom is 0.286 e. The van der Waals surface area contributed by atoms with E-state index in [0.717, 1.165) is 11.6 Å². The molecular formula is C20H27N5O2S. The highest BCUT2D eigenvalue weighted by Gasteiger charge is 2.18. The molecule has 0 spiro atoms. The van der Waals surface area contributed by atoms with E-state index in [1.807, 2.05) is 0 Å². The number of nitrogens with one attached hydrogen (secondary N) is 2. The molecule has 28 heavy (non-hydrogen) atoms. The summed E-state index contributed by atoms with van der Waals surface area (Å²) < 4.78 is 0. The summed E-state index contributed by atoms with van der Waals surface area (Å²) in [4.78, 5) is 27.0. The molecule has 2 aromatic rings. The first-order valence-electron chi connectivity index (χ1n) is 9.73. The number of aromatic nitrogens is 2. The molecule has 2 N–H and O–H groups in total. The van der Waals surface area contributed by atoms with E-state index in [-0.39, 0.29) is 11.8 Å². The molecule has 0 radical (unpaired) electrons. The van der Waals surface area contributed by atoms with Crippen LogP contribution in [0.5, 0.6) is 0 Å². The van der Waals surface area contributed by atoms with Crippen molar-refractivity contribution in [1.29, 1.82) is 0 Å².